The summed E-state index contributed by atoms with van der Waals surface area (Å²) in [6.07, 6.45) is 5.88. The molecule has 2 rings (SSSR count). The Morgan fingerprint density at radius 3 is 3.00 bits per heavy atom. The number of piperidine rings is 1. The molecule has 0 aromatic carbocycles. The predicted octanol–water partition coefficient (Wildman–Crippen LogP) is 1.88. The van der Waals surface area contributed by atoms with Gasteiger partial charge in [0.1, 0.15) is 0 Å². The van der Waals surface area contributed by atoms with Gasteiger partial charge in [-0.05, 0) is 31.7 Å². The van der Waals surface area contributed by atoms with Gasteiger partial charge < -0.3 is 4.90 Å². The summed E-state index contributed by atoms with van der Waals surface area (Å²) in [5.74, 6) is 0.975. The van der Waals surface area contributed by atoms with Crippen LogP contribution in [0.5, 0.6) is 0 Å². The molecule has 10 heavy (non-hydrogen) atoms. The number of hydrogen-bond acceptors (Lipinski definition) is 1. The minimum absolute atomic E-state index is 0.975. The maximum absolute atomic E-state index is 2.69. The molecular weight excluding hydrogens is 122 g/mol. The van der Waals surface area contributed by atoms with Gasteiger partial charge in [0.25, 0.3) is 0 Å². The van der Waals surface area contributed by atoms with Crippen LogP contribution in [0.25, 0.3) is 0 Å². The third-order valence-electron chi connectivity index (χ3n) is 2.97. The van der Waals surface area contributed by atoms with E-state index in [4.69, 9.17) is 0 Å². The average molecular weight is 139 g/mol. The molecule has 0 aromatic rings. The van der Waals surface area contributed by atoms with E-state index in [1.807, 2.05) is 0 Å². The van der Waals surface area contributed by atoms with Crippen LogP contribution >= 0.6 is 0 Å². The quantitative estimate of drug-likeness (QED) is 0.495. The van der Waals surface area contributed by atoms with E-state index in [9.17, 15) is 0 Å². The lowest BCUT2D eigenvalue weighted by Gasteiger charge is -2.28. The van der Waals surface area contributed by atoms with Crippen molar-refractivity contribution in [2.75, 3.05) is 13.1 Å². The molecular formula is C9H17N. The van der Waals surface area contributed by atoms with Crippen molar-refractivity contribution >= 4 is 0 Å². The fourth-order valence-corrected chi connectivity index (χ4v) is 2.51. The lowest BCUT2D eigenvalue weighted by atomic mass is 10.0. The normalized spacial score (nSPS) is 41.7. The molecule has 2 aliphatic rings. The lowest BCUT2D eigenvalue weighted by molar-refractivity contribution is 0.197. The molecule has 0 amide bonds. The maximum Gasteiger partial charge on any atom is 0.00983 e. The zero-order chi connectivity index (χ0) is 6.97. The van der Waals surface area contributed by atoms with Crippen molar-refractivity contribution in [2.45, 2.75) is 38.6 Å². The first-order valence-electron chi connectivity index (χ1n) is 4.60. The highest BCUT2D eigenvalue weighted by Crippen LogP contribution is 2.29. The number of nitrogens with zero attached hydrogens (tertiary/aromatic N) is 1. The summed E-state index contributed by atoms with van der Waals surface area (Å²) >= 11 is 0. The second kappa shape index (κ2) is 2.54. The zero-order valence-electron chi connectivity index (χ0n) is 6.84. The van der Waals surface area contributed by atoms with Gasteiger partial charge in [-0.3, -0.25) is 0 Å². The van der Waals surface area contributed by atoms with Gasteiger partial charge in [-0.15, -0.1) is 0 Å². The van der Waals surface area contributed by atoms with Gasteiger partial charge >= 0.3 is 0 Å². The first kappa shape index (κ1) is 6.66. The van der Waals surface area contributed by atoms with Gasteiger partial charge in [0.2, 0.25) is 0 Å². The molecule has 2 atom stereocenters. The van der Waals surface area contributed by atoms with Crippen molar-refractivity contribution in [2.24, 2.45) is 5.92 Å². The van der Waals surface area contributed by atoms with Crippen LogP contribution in [0.15, 0.2) is 0 Å². The molecule has 2 heterocycles. The SMILES string of the molecule is C[C@@H]1CC2CCCCN2C1. The van der Waals surface area contributed by atoms with Gasteiger partial charge in [0.05, 0.1) is 0 Å². The molecule has 1 heteroatoms. The van der Waals surface area contributed by atoms with E-state index in [-0.39, 0.29) is 0 Å². The second-order valence-electron chi connectivity index (χ2n) is 3.99. The molecule has 0 aliphatic carbocycles. The summed E-state index contributed by atoms with van der Waals surface area (Å²) < 4.78 is 0. The van der Waals surface area contributed by atoms with E-state index < -0.39 is 0 Å². The Morgan fingerprint density at radius 1 is 1.30 bits per heavy atom. The molecule has 0 bridgehead atoms. The minimum atomic E-state index is 0.975. The predicted molar refractivity (Wildman–Crippen MR) is 43.0 cm³/mol. The van der Waals surface area contributed by atoms with E-state index in [0.717, 1.165) is 12.0 Å². The van der Waals surface area contributed by atoms with E-state index in [2.05, 4.69) is 11.8 Å². The third kappa shape index (κ3) is 1.07. The lowest BCUT2D eigenvalue weighted by Crippen LogP contribution is -2.33. The topological polar surface area (TPSA) is 3.24 Å². The fourth-order valence-electron chi connectivity index (χ4n) is 2.51. The Labute approximate surface area is 63.4 Å². The highest BCUT2D eigenvalue weighted by Gasteiger charge is 2.30. The smallest absolute Gasteiger partial charge is 0.00983 e. The van der Waals surface area contributed by atoms with Crippen molar-refractivity contribution in [1.29, 1.82) is 0 Å². The fraction of sp³-hybridized carbons (Fsp3) is 1.00. The highest BCUT2D eigenvalue weighted by molar-refractivity contribution is 4.85. The molecule has 0 N–H and O–H groups in total. The first-order chi connectivity index (χ1) is 4.86. The Bertz CT molecular complexity index is 108. The first-order valence-corrected chi connectivity index (χ1v) is 4.60. The molecule has 1 nitrogen and oxygen atoms in total. The van der Waals surface area contributed by atoms with Crippen LogP contribution in [-0.4, -0.2) is 24.0 Å². The number of rotatable bonds is 0. The van der Waals surface area contributed by atoms with Gasteiger partial charge in [0.15, 0.2) is 0 Å². The molecule has 0 saturated carbocycles. The largest absolute Gasteiger partial charge is 0.300 e. The van der Waals surface area contributed by atoms with E-state index in [1.54, 1.807) is 0 Å². The van der Waals surface area contributed by atoms with Gasteiger partial charge in [-0.25, -0.2) is 0 Å². The molecule has 2 fully saturated rings. The van der Waals surface area contributed by atoms with Crippen LogP contribution in [0.2, 0.25) is 0 Å². The Morgan fingerprint density at radius 2 is 2.20 bits per heavy atom. The van der Waals surface area contributed by atoms with Crippen LogP contribution < -0.4 is 0 Å². The van der Waals surface area contributed by atoms with Crippen molar-refractivity contribution in [1.82, 2.24) is 4.90 Å². The van der Waals surface area contributed by atoms with Crippen LogP contribution in [0.4, 0.5) is 0 Å². The van der Waals surface area contributed by atoms with Crippen LogP contribution in [0.1, 0.15) is 32.6 Å². The Kier molecular flexibility index (Phi) is 1.69. The third-order valence-corrected chi connectivity index (χ3v) is 2.97. The maximum atomic E-state index is 2.69. The summed E-state index contributed by atoms with van der Waals surface area (Å²) in [4.78, 5) is 2.69. The summed E-state index contributed by atoms with van der Waals surface area (Å²) in [5, 5.41) is 0. The van der Waals surface area contributed by atoms with Gasteiger partial charge in [0, 0.05) is 12.6 Å². The van der Waals surface area contributed by atoms with Crippen molar-refractivity contribution < 1.29 is 0 Å². The summed E-state index contributed by atoms with van der Waals surface area (Å²) in [6, 6.07) is 0.976. The summed E-state index contributed by atoms with van der Waals surface area (Å²) in [6.45, 7) is 5.15. The van der Waals surface area contributed by atoms with Crippen molar-refractivity contribution in [3.05, 3.63) is 0 Å². The standard InChI is InChI=1S/C9H17N/c1-8-6-9-4-2-3-5-10(9)7-8/h8-9H,2-7H2,1H3/t8-,9?/m1/s1. The van der Waals surface area contributed by atoms with Crippen LogP contribution in [0, 0.1) is 5.92 Å². The van der Waals surface area contributed by atoms with Crippen molar-refractivity contribution in [3.8, 4) is 0 Å². The van der Waals surface area contributed by atoms with E-state index >= 15 is 0 Å². The molecule has 0 aromatic heterocycles. The Hall–Kier alpha value is -0.0400. The monoisotopic (exact) mass is 139 g/mol. The van der Waals surface area contributed by atoms with Crippen molar-refractivity contribution in [3.63, 3.8) is 0 Å². The second-order valence-corrected chi connectivity index (χ2v) is 3.99. The van der Waals surface area contributed by atoms with Crippen LogP contribution in [-0.2, 0) is 0 Å². The average Bonchev–Trinajstić information content (AvgIpc) is 2.27. The van der Waals surface area contributed by atoms with E-state index in [1.165, 1.54) is 38.8 Å². The number of hydrogen-bond donors (Lipinski definition) is 0. The summed E-state index contributed by atoms with van der Waals surface area (Å²) in [7, 11) is 0. The Balaban J connectivity index is 1.97. The zero-order valence-corrected chi connectivity index (χ0v) is 6.84. The molecule has 2 saturated heterocycles. The molecule has 0 radical (unpaired) electrons. The summed E-state index contributed by atoms with van der Waals surface area (Å²) in [5.41, 5.74) is 0. The highest BCUT2D eigenvalue weighted by atomic mass is 15.2. The molecule has 2 aliphatic heterocycles. The van der Waals surface area contributed by atoms with E-state index in [0.29, 0.717) is 0 Å². The molecule has 58 valence electrons. The molecule has 0 spiro atoms. The number of fused-ring (bicyclic) bond motifs is 1. The van der Waals surface area contributed by atoms with Crippen LogP contribution in [0.3, 0.4) is 0 Å². The van der Waals surface area contributed by atoms with Gasteiger partial charge in [-0.2, -0.15) is 0 Å². The van der Waals surface area contributed by atoms with Gasteiger partial charge in [-0.1, -0.05) is 13.3 Å². The minimum Gasteiger partial charge on any atom is -0.300 e. The molecule has 1 unspecified atom stereocenters.